The third-order valence-corrected chi connectivity index (χ3v) is 4.21. The van der Waals surface area contributed by atoms with Crippen molar-refractivity contribution in [2.45, 2.75) is 52.1 Å². The molecule has 0 bridgehead atoms. The number of nitrogen functional groups attached to an aromatic ring is 1. The van der Waals surface area contributed by atoms with Crippen LogP contribution >= 0.6 is 0 Å². The molecule has 0 spiro atoms. The normalized spacial score (nSPS) is 16.0. The fourth-order valence-electron chi connectivity index (χ4n) is 3.31. The van der Waals surface area contributed by atoms with Crippen LogP contribution in [0.3, 0.4) is 0 Å². The number of nitrogens with two attached hydrogens (primary N) is 1. The summed E-state index contributed by atoms with van der Waals surface area (Å²) in [5, 5.41) is 9.41. The van der Waals surface area contributed by atoms with Crippen LogP contribution in [0.2, 0.25) is 0 Å². The molecule has 1 aromatic rings. The second-order valence-corrected chi connectivity index (χ2v) is 6.45. The lowest BCUT2D eigenvalue weighted by Crippen LogP contribution is -2.36. The van der Waals surface area contributed by atoms with Crippen molar-refractivity contribution in [1.82, 2.24) is 4.90 Å². The summed E-state index contributed by atoms with van der Waals surface area (Å²) in [5.41, 5.74) is 7.31. The number of carboxylic acid groups (broad SMARTS) is 1. The zero-order chi connectivity index (χ0) is 15.4. The Morgan fingerprint density at radius 1 is 1.38 bits per heavy atom. The summed E-state index contributed by atoms with van der Waals surface area (Å²) in [6, 6.07) is 5.98. The summed E-state index contributed by atoms with van der Waals surface area (Å²) in [4.78, 5) is 13.9. The highest BCUT2D eigenvalue weighted by Crippen LogP contribution is 2.27. The Balaban J connectivity index is 2.23. The van der Waals surface area contributed by atoms with Gasteiger partial charge in [0.05, 0.1) is 5.56 Å². The Morgan fingerprint density at radius 2 is 2.05 bits per heavy atom. The molecule has 0 atom stereocenters. The van der Waals surface area contributed by atoms with E-state index in [1.807, 2.05) is 12.1 Å². The van der Waals surface area contributed by atoms with Crippen LogP contribution in [0, 0.1) is 5.92 Å². The van der Waals surface area contributed by atoms with E-state index < -0.39 is 5.97 Å². The number of hydrogen-bond acceptors (Lipinski definition) is 3. The van der Waals surface area contributed by atoms with Gasteiger partial charge >= 0.3 is 5.97 Å². The van der Waals surface area contributed by atoms with Gasteiger partial charge in [-0.1, -0.05) is 38.8 Å². The van der Waals surface area contributed by atoms with Crippen molar-refractivity contribution in [1.29, 1.82) is 0 Å². The Kier molecular flexibility index (Phi) is 5.23. The summed E-state index contributed by atoms with van der Waals surface area (Å²) in [7, 11) is 0. The summed E-state index contributed by atoms with van der Waals surface area (Å²) >= 11 is 0. The molecule has 4 nitrogen and oxygen atoms in total. The van der Waals surface area contributed by atoms with Crippen molar-refractivity contribution in [2.75, 3.05) is 12.3 Å². The lowest BCUT2D eigenvalue weighted by atomic mass is 10.0. The van der Waals surface area contributed by atoms with Crippen molar-refractivity contribution in [3.8, 4) is 0 Å². The first-order valence-corrected chi connectivity index (χ1v) is 7.83. The number of benzene rings is 1. The molecule has 0 aliphatic heterocycles. The van der Waals surface area contributed by atoms with E-state index in [2.05, 4.69) is 18.7 Å². The van der Waals surface area contributed by atoms with E-state index >= 15 is 0 Å². The molecule has 3 N–H and O–H groups in total. The van der Waals surface area contributed by atoms with Gasteiger partial charge in [-0.05, 0) is 30.4 Å². The van der Waals surface area contributed by atoms with Crippen LogP contribution in [-0.2, 0) is 6.54 Å². The average molecular weight is 290 g/mol. The molecule has 4 heteroatoms. The van der Waals surface area contributed by atoms with E-state index in [-0.39, 0.29) is 5.56 Å². The van der Waals surface area contributed by atoms with Crippen LogP contribution in [0.15, 0.2) is 18.2 Å². The lowest BCUT2D eigenvalue weighted by molar-refractivity contribution is 0.0694. The van der Waals surface area contributed by atoms with E-state index in [1.54, 1.807) is 6.07 Å². The summed E-state index contributed by atoms with van der Waals surface area (Å²) < 4.78 is 0. The van der Waals surface area contributed by atoms with E-state index in [4.69, 9.17) is 5.73 Å². The fourth-order valence-corrected chi connectivity index (χ4v) is 3.31. The molecule has 1 saturated carbocycles. The van der Waals surface area contributed by atoms with Crippen LogP contribution in [0.5, 0.6) is 0 Å². The largest absolute Gasteiger partial charge is 0.478 e. The molecule has 21 heavy (non-hydrogen) atoms. The number of carboxylic acids is 1. The molecule has 0 amide bonds. The molecule has 1 aliphatic rings. The molecule has 1 aliphatic carbocycles. The van der Waals surface area contributed by atoms with Crippen molar-refractivity contribution in [2.24, 2.45) is 5.92 Å². The molecular formula is C17H26N2O2. The highest BCUT2D eigenvalue weighted by atomic mass is 16.4. The SMILES string of the molecule is CC(C)CN(Cc1cccc(N)c1C(=O)O)C1CCCC1. The van der Waals surface area contributed by atoms with Gasteiger partial charge in [-0.3, -0.25) is 4.90 Å². The topological polar surface area (TPSA) is 66.6 Å². The van der Waals surface area contributed by atoms with Crippen molar-refractivity contribution in [3.05, 3.63) is 29.3 Å². The number of aromatic carboxylic acids is 1. The van der Waals surface area contributed by atoms with Gasteiger partial charge in [0, 0.05) is 24.8 Å². The Labute approximate surface area is 126 Å². The summed E-state index contributed by atoms with van der Waals surface area (Å²) in [6.07, 6.45) is 5.00. The van der Waals surface area contributed by atoms with Crippen molar-refractivity contribution < 1.29 is 9.90 Å². The lowest BCUT2D eigenvalue weighted by Gasteiger charge is -2.31. The summed E-state index contributed by atoms with van der Waals surface area (Å²) in [5.74, 6) is -0.362. The predicted molar refractivity (Wildman–Crippen MR) is 85.3 cm³/mol. The molecule has 1 fully saturated rings. The quantitative estimate of drug-likeness (QED) is 0.788. The van der Waals surface area contributed by atoms with E-state index in [1.165, 1.54) is 25.7 Å². The molecule has 2 rings (SSSR count). The smallest absolute Gasteiger partial charge is 0.338 e. The second-order valence-electron chi connectivity index (χ2n) is 6.45. The first-order valence-electron chi connectivity index (χ1n) is 7.83. The highest BCUT2D eigenvalue weighted by molar-refractivity contribution is 5.95. The molecule has 0 unspecified atom stereocenters. The summed E-state index contributed by atoms with van der Waals surface area (Å²) in [6.45, 7) is 6.09. The van der Waals surface area contributed by atoms with Crippen molar-refractivity contribution >= 4 is 11.7 Å². The van der Waals surface area contributed by atoms with Gasteiger partial charge in [-0.15, -0.1) is 0 Å². The van der Waals surface area contributed by atoms with E-state index in [9.17, 15) is 9.90 Å². The zero-order valence-corrected chi connectivity index (χ0v) is 13.0. The minimum Gasteiger partial charge on any atom is -0.478 e. The molecule has 0 saturated heterocycles. The van der Waals surface area contributed by atoms with Crippen molar-refractivity contribution in [3.63, 3.8) is 0 Å². The van der Waals surface area contributed by atoms with Gasteiger partial charge in [-0.25, -0.2) is 4.79 Å². The van der Waals surface area contributed by atoms with Gasteiger partial charge in [0.2, 0.25) is 0 Å². The van der Waals surface area contributed by atoms with E-state index in [0.29, 0.717) is 24.2 Å². The third kappa shape index (κ3) is 3.97. The van der Waals surface area contributed by atoms with Crippen LogP contribution in [0.25, 0.3) is 0 Å². The molecule has 0 aromatic heterocycles. The minimum atomic E-state index is -0.931. The number of anilines is 1. The molecule has 1 aromatic carbocycles. The molecule has 116 valence electrons. The first-order chi connectivity index (χ1) is 9.99. The van der Waals surface area contributed by atoms with Gasteiger partial charge in [0.25, 0.3) is 0 Å². The fraction of sp³-hybridized carbons (Fsp3) is 0.588. The van der Waals surface area contributed by atoms with Gasteiger partial charge in [0.15, 0.2) is 0 Å². The monoisotopic (exact) mass is 290 g/mol. The van der Waals surface area contributed by atoms with Crippen LogP contribution < -0.4 is 5.73 Å². The second kappa shape index (κ2) is 6.94. The molecular weight excluding hydrogens is 264 g/mol. The first kappa shape index (κ1) is 15.8. The Morgan fingerprint density at radius 3 is 2.62 bits per heavy atom. The standard InChI is InChI=1S/C17H26N2O2/c1-12(2)10-19(14-7-3-4-8-14)11-13-6-5-9-15(18)16(13)17(20)21/h5-6,9,12,14H,3-4,7-8,10-11,18H2,1-2H3,(H,20,21). The predicted octanol–water partition coefficient (Wildman–Crippen LogP) is 3.37. The minimum absolute atomic E-state index is 0.268. The number of carbonyl (C=O) groups is 1. The number of rotatable bonds is 6. The maximum absolute atomic E-state index is 11.5. The van der Waals surface area contributed by atoms with Crippen LogP contribution in [0.4, 0.5) is 5.69 Å². The van der Waals surface area contributed by atoms with Crippen LogP contribution in [0.1, 0.15) is 55.5 Å². The Hall–Kier alpha value is -1.55. The third-order valence-electron chi connectivity index (χ3n) is 4.21. The van der Waals surface area contributed by atoms with Gasteiger partial charge in [-0.2, -0.15) is 0 Å². The molecule has 0 radical (unpaired) electrons. The number of nitrogens with zero attached hydrogens (tertiary/aromatic N) is 1. The maximum atomic E-state index is 11.5. The average Bonchev–Trinajstić information content (AvgIpc) is 2.90. The van der Waals surface area contributed by atoms with E-state index in [0.717, 1.165) is 12.1 Å². The Bertz CT molecular complexity index is 494. The zero-order valence-electron chi connectivity index (χ0n) is 13.0. The van der Waals surface area contributed by atoms with Crippen LogP contribution in [-0.4, -0.2) is 28.6 Å². The highest BCUT2D eigenvalue weighted by Gasteiger charge is 2.25. The maximum Gasteiger partial charge on any atom is 0.338 e. The number of hydrogen-bond donors (Lipinski definition) is 2. The molecule has 0 heterocycles. The van der Waals surface area contributed by atoms with Gasteiger partial charge < -0.3 is 10.8 Å². The van der Waals surface area contributed by atoms with Gasteiger partial charge in [0.1, 0.15) is 0 Å².